The molecule has 0 aliphatic rings. The number of carboxylic acid groups (broad SMARTS) is 1. The third-order valence-electron chi connectivity index (χ3n) is 3.71. The van der Waals surface area contributed by atoms with Crippen molar-refractivity contribution in [3.05, 3.63) is 0 Å². The van der Waals surface area contributed by atoms with Gasteiger partial charge in [-0.25, -0.2) is 4.79 Å². The summed E-state index contributed by atoms with van der Waals surface area (Å²) in [4.78, 5) is 47.3. The van der Waals surface area contributed by atoms with Crippen LogP contribution in [-0.2, 0) is 19.2 Å². The molecule has 5 unspecified atom stereocenters. The molecule has 0 rings (SSSR count). The molecule has 11 nitrogen and oxygen atoms in total. The fourth-order valence-corrected chi connectivity index (χ4v) is 2.05. The maximum Gasteiger partial charge on any atom is 0.328 e. The van der Waals surface area contributed by atoms with Crippen LogP contribution < -0.4 is 21.7 Å². The molecular weight excluding hydrogens is 360 g/mol. The number of amides is 3. The third-order valence-corrected chi connectivity index (χ3v) is 3.71. The Balaban J connectivity index is 4.99. The molecule has 0 saturated heterocycles. The average molecular weight is 390 g/mol. The monoisotopic (exact) mass is 390 g/mol. The predicted octanol–water partition coefficient (Wildman–Crippen LogP) is -2.71. The number of carboxylic acids is 1. The van der Waals surface area contributed by atoms with Crippen LogP contribution in [0.3, 0.4) is 0 Å². The Morgan fingerprint density at radius 3 is 1.81 bits per heavy atom. The van der Waals surface area contributed by atoms with Gasteiger partial charge in [0.2, 0.25) is 17.7 Å². The second-order valence-corrected chi connectivity index (χ2v) is 6.77. The highest BCUT2D eigenvalue weighted by molar-refractivity contribution is 5.94. The van der Waals surface area contributed by atoms with E-state index in [-0.39, 0.29) is 12.3 Å². The molecule has 0 aromatic heterocycles. The molecule has 0 bridgehead atoms. The molecule has 156 valence electrons. The first-order valence-electron chi connectivity index (χ1n) is 8.59. The van der Waals surface area contributed by atoms with E-state index >= 15 is 0 Å². The molecule has 0 aromatic carbocycles. The lowest BCUT2D eigenvalue weighted by Crippen LogP contribution is -2.58. The highest BCUT2D eigenvalue weighted by Crippen LogP contribution is 2.06. The maximum atomic E-state index is 12.4. The maximum absolute atomic E-state index is 12.4. The smallest absolute Gasteiger partial charge is 0.328 e. The number of hydrogen-bond acceptors (Lipinski definition) is 7. The molecule has 0 heterocycles. The van der Waals surface area contributed by atoms with Crippen LogP contribution in [0.1, 0.15) is 34.1 Å². The highest BCUT2D eigenvalue weighted by Gasteiger charge is 2.29. The van der Waals surface area contributed by atoms with E-state index in [9.17, 15) is 24.3 Å². The Kier molecular flexibility index (Phi) is 10.5. The van der Waals surface area contributed by atoms with Crippen molar-refractivity contribution in [1.82, 2.24) is 16.0 Å². The van der Waals surface area contributed by atoms with Crippen LogP contribution in [0.4, 0.5) is 0 Å². The second-order valence-electron chi connectivity index (χ2n) is 6.77. The zero-order valence-electron chi connectivity index (χ0n) is 15.9. The molecule has 0 saturated carbocycles. The van der Waals surface area contributed by atoms with Crippen LogP contribution in [0.25, 0.3) is 0 Å². The number of nitrogens with two attached hydrogens (primary N) is 1. The van der Waals surface area contributed by atoms with Crippen LogP contribution in [-0.4, -0.2) is 75.9 Å². The van der Waals surface area contributed by atoms with Gasteiger partial charge < -0.3 is 37.0 Å². The van der Waals surface area contributed by atoms with Crippen molar-refractivity contribution in [2.75, 3.05) is 6.61 Å². The average Bonchev–Trinajstić information content (AvgIpc) is 2.56. The van der Waals surface area contributed by atoms with Crippen molar-refractivity contribution in [3.8, 4) is 0 Å². The standard InChI is InChI=1S/C16H30N4O7/c1-7(2)5-10(19-15(25)12(17)9(4)22)14(24)18-8(3)13(23)20-11(6-21)16(26)27/h7-12,21-22H,5-6,17H2,1-4H3,(H,18,24)(H,19,25)(H,20,23)(H,26,27). The minimum Gasteiger partial charge on any atom is -0.480 e. The summed E-state index contributed by atoms with van der Waals surface area (Å²) >= 11 is 0. The lowest BCUT2D eigenvalue weighted by Gasteiger charge is -2.25. The van der Waals surface area contributed by atoms with Gasteiger partial charge in [0.25, 0.3) is 0 Å². The first-order valence-corrected chi connectivity index (χ1v) is 8.59. The molecule has 0 fully saturated rings. The van der Waals surface area contributed by atoms with Crippen molar-refractivity contribution in [2.24, 2.45) is 11.7 Å². The summed E-state index contributed by atoms with van der Waals surface area (Å²) < 4.78 is 0. The number of hydrogen-bond donors (Lipinski definition) is 7. The summed E-state index contributed by atoms with van der Waals surface area (Å²) in [5.74, 6) is -3.57. The largest absolute Gasteiger partial charge is 0.480 e. The van der Waals surface area contributed by atoms with Crippen molar-refractivity contribution >= 4 is 23.7 Å². The summed E-state index contributed by atoms with van der Waals surface area (Å²) in [7, 11) is 0. The molecule has 27 heavy (non-hydrogen) atoms. The fraction of sp³-hybridized carbons (Fsp3) is 0.750. The summed E-state index contributed by atoms with van der Waals surface area (Å²) in [6.07, 6.45) is -0.851. The van der Waals surface area contributed by atoms with Crippen LogP contribution in [0.15, 0.2) is 0 Å². The van der Waals surface area contributed by atoms with E-state index in [2.05, 4.69) is 16.0 Å². The number of carbonyl (C=O) groups excluding carboxylic acids is 3. The summed E-state index contributed by atoms with van der Waals surface area (Å²) in [5.41, 5.74) is 5.55. The zero-order chi connectivity index (χ0) is 21.3. The van der Waals surface area contributed by atoms with Gasteiger partial charge >= 0.3 is 5.97 Å². The summed E-state index contributed by atoms with van der Waals surface area (Å²) in [6.45, 7) is 5.53. The van der Waals surface area contributed by atoms with E-state index in [1.54, 1.807) is 0 Å². The topological polar surface area (TPSA) is 191 Å². The Morgan fingerprint density at radius 2 is 1.41 bits per heavy atom. The van der Waals surface area contributed by atoms with Crippen molar-refractivity contribution < 1.29 is 34.5 Å². The molecule has 0 aliphatic heterocycles. The van der Waals surface area contributed by atoms with Gasteiger partial charge in [-0.1, -0.05) is 13.8 Å². The summed E-state index contributed by atoms with van der Waals surface area (Å²) in [5, 5.41) is 34.1. The zero-order valence-corrected chi connectivity index (χ0v) is 15.9. The molecule has 0 spiro atoms. The van der Waals surface area contributed by atoms with E-state index in [4.69, 9.17) is 15.9 Å². The molecule has 5 atom stereocenters. The number of carbonyl (C=O) groups is 4. The normalized spacial score (nSPS) is 16.6. The van der Waals surface area contributed by atoms with E-state index in [1.165, 1.54) is 13.8 Å². The molecule has 0 aromatic rings. The number of aliphatic hydroxyl groups excluding tert-OH is 2. The van der Waals surface area contributed by atoms with Crippen LogP contribution >= 0.6 is 0 Å². The van der Waals surface area contributed by atoms with E-state index in [0.717, 1.165) is 0 Å². The number of rotatable bonds is 11. The molecule has 11 heteroatoms. The van der Waals surface area contributed by atoms with E-state index in [0.29, 0.717) is 0 Å². The third kappa shape index (κ3) is 8.80. The SMILES string of the molecule is CC(C)CC(NC(=O)C(N)C(C)O)C(=O)NC(C)C(=O)NC(CO)C(=O)O. The Labute approximate surface area is 157 Å². The van der Waals surface area contributed by atoms with Gasteiger partial charge in [0.1, 0.15) is 24.2 Å². The Morgan fingerprint density at radius 1 is 0.889 bits per heavy atom. The lowest BCUT2D eigenvalue weighted by molar-refractivity contribution is -0.143. The van der Waals surface area contributed by atoms with Crippen molar-refractivity contribution in [1.29, 1.82) is 0 Å². The molecular formula is C16H30N4O7. The number of aliphatic carboxylic acids is 1. The van der Waals surface area contributed by atoms with Crippen molar-refractivity contribution in [3.63, 3.8) is 0 Å². The first-order chi connectivity index (χ1) is 12.4. The van der Waals surface area contributed by atoms with E-state index in [1.807, 2.05) is 13.8 Å². The Bertz CT molecular complexity index is 539. The van der Waals surface area contributed by atoms with Gasteiger partial charge in [-0.3, -0.25) is 14.4 Å². The van der Waals surface area contributed by atoms with Crippen LogP contribution in [0.5, 0.6) is 0 Å². The van der Waals surface area contributed by atoms with Gasteiger partial charge in [0.15, 0.2) is 0 Å². The first kappa shape index (κ1) is 24.8. The van der Waals surface area contributed by atoms with Gasteiger partial charge in [0, 0.05) is 0 Å². The molecule has 0 aliphatic carbocycles. The van der Waals surface area contributed by atoms with Gasteiger partial charge in [0.05, 0.1) is 12.7 Å². The van der Waals surface area contributed by atoms with Gasteiger partial charge in [-0.2, -0.15) is 0 Å². The molecule has 3 amide bonds. The minimum absolute atomic E-state index is 0.0266. The second kappa shape index (κ2) is 11.5. The van der Waals surface area contributed by atoms with Crippen molar-refractivity contribution in [2.45, 2.75) is 64.4 Å². The van der Waals surface area contributed by atoms with E-state index < -0.39 is 60.6 Å². The predicted molar refractivity (Wildman–Crippen MR) is 95.3 cm³/mol. The lowest BCUT2D eigenvalue weighted by atomic mass is 10.0. The number of nitrogens with one attached hydrogen (secondary N) is 3. The van der Waals surface area contributed by atoms with Gasteiger partial charge in [-0.05, 0) is 26.2 Å². The quantitative estimate of drug-likeness (QED) is 0.198. The molecule has 0 radical (unpaired) electrons. The molecule has 8 N–H and O–H groups in total. The summed E-state index contributed by atoms with van der Waals surface area (Å²) in [6, 6.07) is -4.81. The number of aliphatic hydroxyl groups is 2. The van der Waals surface area contributed by atoms with Gasteiger partial charge in [-0.15, -0.1) is 0 Å². The Hall–Kier alpha value is -2.24. The van der Waals surface area contributed by atoms with Crippen LogP contribution in [0, 0.1) is 5.92 Å². The minimum atomic E-state index is -1.49. The van der Waals surface area contributed by atoms with Crippen LogP contribution in [0.2, 0.25) is 0 Å². The fourth-order valence-electron chi connectivity index (χ4n) is 2.05. The highest BCUT2D eigenvalue weighted by atomic mass is 16.4.